The van der Waals surface area contributed by atoms with E-state index in [9.17, 15) is 14.4 Å². The Labute approximate surface area is 172 Å². The largest absolute Gasteiger partial charge is 0.423 e. The van der Waals surface area contributed by atoms with Crippen molar-refractivity contribution in [2.75, 3.05) is 11.1 Å². The number of amides is 2. The van der Waals surface area contributed by atoms with Crippen LogP contribution in [0.2, 0.25) is 0 Å². The van der Waals surface area contributed by atoms with Gasteiger partial charge in [-0.05, 0) is 50.6 Å². The van der Waals surface area contributed by atoms with Crippen LogP contribution in [0.1, 0.15) is 29.8 Å². The van der Waals surface area contributed by atoms with Gasteiger partial charge in [0.2, 0.25) is 5.91 Å². The molecule has 0 saturated carbocycles. The maximum atomic E-state index is 12.8. The molecule has 0 aliphatic carbocycles. The normalized spacial score (nSPS) is 10.9. The fourth-order valence-corrected chi connectivity index (χ4v) is 3.75. The fraction of sp³-hybridized carbons (Fsp3) is 0.227. The molecular formula is C22H22N2O4S. The Balaban J connectivity index is 1.78. The Morgan fingerprint density at radius 3 is 2.62 bits per heavy atom. The van der Waals surface area contributed by atoms with Crippen LogP contribution in [0, 0.1) is 6.92 Å². The molecule has 3 rings (SSSR count). The molecule has 7 heteroatoms. The molecule has 0 spiro atoms. The molecule has 29 heavy (non-hydrogen) atoms. The topological polar surface area (TPSA) is 88.4 Å². The number of rotatable bonds is 6. The van der Waals surface area contributed by atoms with Gasteiger partial charge in [-0.25, -0.2) is 4.79 Å². The highest BCUT2D eigenvalue weighted by Gasteiger charge is 2.14. The van der Waals surface area contributed by atoms with Crippen LogP contribution in [0.15, 0.2) is 62.6 Å². The van der Waals surface area contributed by atoms with Crippen molar-refractivity contribution in [1.82, 2.24) is 5.32 Å². The van der Waals surface area contributed by atoms with Crippen molar-refractivity contribution >= 4 is 40.2 Å². The van der Waals surface area contributed by atoms with Gasteiger partial charge >= 0.3 is 5.63 Å². The summed E-state index contributed by atoms with van der Waals surface area (Å²) in [4.78, 5) is 37.0. The third kappa shape index (κ3) is 5.26. The van der Waals surface area contributed by atoms with Crippen molar-refractivity contribution in [2.45, 2.75) is 31.7 Å². The van der Waals surface area contributed by atoms with Gasteiger partial charge in [-0.1, -0.05) is 12.1 Å². The third-order valence-corrected chi connectivity index (χ3v) is 5.22. The number of carbonyl (C=O) groups excluding carboxylic acids is 2. The Morgan fingerprint density at radius 2 is 1.86 bits per heavy atom. The highest BCUT2D eigenvalue weighted by molar-refractivity contribution is 8.00. The number of benzene rings is 2. The van der Waals surface area contributed by atoms with E-state index in [1.807, 2.05) is 32.9 Å². The van der Waals surface area contributed by atoms with Crippen molar-refractivity contribution in [3.8, 4) is 0 Å². The predicted octanol–water partition coefficient (Wildman–Crippen LogP) is 3.97. The lowest BCUT2D eigenvalue weighted by molar-refractivity contribution is -0.119. The van der Waals surface area contributed by atoms with Crippen molar-refractivity contribution in [2.24, 2.45) is 0 Å². The van der Waals surface area contributed by atoms with Crippen LogP contribution in [-0.2, 0) is 4.79 Å². The van der Waals surface area contributed by atoms with Gasteiger partial charge in [0, 0.05) is 34.1 Å². The zero-order valence-corrected chi connectivity index (χ0v) is 17.3. The molecule has 1 aromatic heterocycles. The summed E-state index contributed by atoms with van der Waals surface area (Å²) >= 11 is 1.31. The monoisotopic (exact) mass is 410 g/mol. The number of thioether (sulfide) groups is 1. The summed E-state index contributed by atoms with van der Waals surface area (Å²) in [7, 11) is 0. The van der Waals surface area contributed by atoms with E-state index < -0.39 is 5.63 Å². The zero-order chi connectivity index (χ0) is 21.0. The first-order valence-electron chi connectivity index (χ1n) is 9.20. The standard InChI is InChI=1S/C22H22N2O4S/c1-13(2)23-20(25)12-29-19-7-5-4-6-17(19)22(27)24-15-8-9-16-14(3)10-21(26)28-18(16)11-15/h4-11,13H,12H2,1-3H3,(H,23,25)(H,24,27). The van der Waals surface area contributed by atoms with E-state index in [0.717, 1.165) is 10.9 Å². The highest BCUT2D eigenvalue weighted by Crippen LogP contribution is 2.25. The van der Waals surface area contributed by atoms with Gasteiger partial charge in [-0.15, -0.1) is 11.8 Å². The van der Waals surface area contributed by atoms with Gasteiger partial charge in [0.25, 0.3) is 5.91 Å². The van der Waals surface area contributed by atoms with Gasteiger partial charge in [-0.2, -0.15) is 0 Å². The molecule has 0 fully saturated rings. The van der Waals surface area contributed by atoms with Crippen LogP contribution in [0.4, 0.5) is 5.69 Å². The first-order chi connectivity index (χ1) is 13.8. The van der Waals surface area contributed by atoms with Gasteiger partial charge in [0.05, 0.1) is 11.3 Å². The first kappa shape index (κ1) is 20.7. The molecule has 2 N–H and O–H groups in total. The van der Waals surface area contributed by atoms with Gasteiger partial charge in [0.1, 0.15) is 5.58 Å². The van der Waals surface area contributed by atoms with Crippen molar-refractivity contribution < 1.29 is 14.0 Å². The van der Waals surface area contributed by atoms with Crippen LogP contribution in [0.25, 0.3) is 11.0 Å². The van der Waals surface area contributed by atoms with Gasteiger partial charge in [0.15, 0.2) is 0 Å². The fourth-order valence-electron chi connectivity index (χ4n) is 2.89. The summed E-state index contributed by atoms with van der Waals surface area (Å²) in [6.45, 7) is 5.63. The minimum atomic E-state index is -0.431. The Morgan fingerprint density at radius 1 is 1.10 bits per heavy atom. The summed E-state index contributed by atoms with van der Waals surface area (Å²) in [6.07, 6.45) is 0. The van der Waals surface area contributed by atoms with Crippen molar-refractivity contribution in [3.05, 3.63) is 70.1 Å². The second-order valence-corrected chi connectivity index (χ2v) is 7.94. The number of hydrogen-bond donors (Lipinski definition) is 2. The molecule has 6 nitrogen and oxygen atoms in total. The SMILES string of the molecule is Cc1cc(=O)oc2cc(NC(=O)c3ccccc3SCC(=O)NC(C)C)ccc12. The van der Waals surface area contributed by atoms with E-state index in [0.29, 0.717) is 21.7 Å². The van der Waals surface area contributed by atoms with E-state index >= 15 is 0 Å². The Bertz CT molecular complexity index is 1120. The number of nitrogens with one attached hydrogen (secondary N) is 2. The summed E-state index contributed by atoms with van der Waals surface area (Å²) in [5, 5.41) is 6.48. The molecule has 0 aliphatic rings. The molecule has 0 atom stereocenters. The number of carbonyl (C=O) groups is 2. The first-order valence-corrected chi connectivity index (χ1v) is 10.2. The van der Waals surface area contributed by atoms with Crippen molar-refractivity contribution in [1.29, 1.82) is 0 Å². The smallest absolute Gasteiger partial charge is 0.336 e. The van der Waals surface area contributed by atoms with E-state index in [4.69, 9.17) is 4.42 Å². The summed E-state index contributed by atoms with van der Waals surface area (Å²) in [5.74, 6) is -0.157. The van der Waals surface area contributed by atoms with E-state index in [-0.39, 0.29) is 23.6 Å². The van der Waals surface area contributed by atoms with Crippen LogP contribution in [-0.4, -0.2) is 23.6 Å². The second kappa shape index (κ2) is 8.96. The molecule has 150 valence electrons. The van der Waals surface area contributed by atoms with E-state index in [2.05, 4.69) is 10.6 Å². The molecule has 3 aromatic rings. The maximum Gasteiger partial charge on any atom is 0.336 e. The Kier molecular flexibility index (Phi) is 6.39. The molecule has 2 aromatic carbocycles. The quantitative estimate of drug-likeness (QED) is 0.474. The molecule has 0 bridgehead atoms. The van der Waals surface area contributed by atoms with Crippen LogP contribution in [0.5, 0.6) is 0 Å². The zero-order valence-electron chi connectivity index (χ0n) is 16.4. The van der Waals surface area contributed by atoms with Crippen LogP contribution >= 0.6 is 11.8 Å². The second-order valence-electron chi connectivity index (χ2n) is 6.92. The lowest BCUT2D eigenvalue weighted by atomic mass is 10.1. The highest BCUT2D eigenvalue weighted by atomic mass is 32.2. The van der Waals surface area contributed by atoms with E-state index in [1.54, 1.807) is 30.3 Å². The van der Waals surface area contributed by atoms with Crippen molar-refractivity contribution in [3.63, 3.8) is 0 Å². The maximum absolute atomic E-state index is 12.8. The number of hydrogen-bond acceptors (Lipinski definition) is 5. The molecule has 0 unspecified atom stereocenters. The molecule has 1 heterocycles. The minimum absolute atomic E-state index is 0.0678. The lowest BCUT2D eigenvalue weighted by Crippen LogP contribution is -2.31. The lowest BCUT2D eigenvalue weighted by Gasteiger charge is -2.11. The predicted molar refractivity (Wildman–Crippen MR) is 116 cm³/mol. The Hall–Kier alpha value is -3.06. The number of fused-ring (bicyclic) bond motifs is 1. The molecule has 0 saturated heterocycles. The van der Waals surface area contributed by atoms with Gasteiger partial charge < -0.3 is 15.1 Å². The minimum Gasteiger partial charge on any atom is -0.423 e. The third-order valence-electron chi connectivity index (χ3n) is 4.15. The summed E-state index contributed by atoms with van der Waals surface area (Å²) in [6, 6.07) is 13.8. The molecule has 0 aliphatic heterocycles. The summed E-state index contributed by atoms with van der Waals surface area (Å²) in [5.41, 5.74) is 1.80. The van der Waals surface area contributed by atoms with E-state index in [1.165, 1.54) is 17.8 Å². The molecular weight excluding hydrogens is 388 g/mol. The average Bonchev–Trinajstić information content (AvgIpc) is 2.65. The van der Waals surface area contributed by atoms with Crippen LogP contribution < -0.4 is 16.3 Å². The number of aryl methyl sites for hydroxylation is 1. The van der Waals surface area contributed by atoms with Gasteiger partial charge in [-0.3, -0.25) is 9.59 Å². The summed E-state index contributed by atoms with van der Waals surface area (Å²) < 4.78 is 5.24. The van der Waals surface area contributed by atoms with Crippen LogP contribution in [0.3, 0.4) is 0 Å². The number of anilines is 1. The molecule has 0 radical (unpaired) electrons. The molecule has 2 amide bonds. The average molecular weight is 410 g/mol.